The molecule has 1 aliphatic heterocycles. The van der Waals surface area contributed by atoms with Crippen molar-refractivity contribution < 1.29 is 23.1 Å². The fourth-order valence-corrected chi connectivity index (χ4v) is 3.65. The van der Waals surface area contributed by atoms with E-state index < -0.39 is 16.0 Å². The minimum atomic E-state index is -3.58. The summed E-state index contributed by atoms with van der Waals surface area (Å²) in [6, 6.07) is 6.22. The molecule has 1 unspecified atom stereocenters. The fourth-order valence-electron chi connectivity index (χ4n) is 2.10. The average Bonchev–Trinajstić information content (AvgIpc) is 2.45. The van der Waals surface area contributed by atoms with Gasteiger partial charge < -0.3 is 9.84 Å². The van der Waals surface area contributed by atoms with Gasteiger partial charge in [0.15, 0.2) is 0 Å². The number of carboxylic acid groups (broad SMARTS) is 1. The zero-order valence-electron chi connectivity index (χ0n) is 11.6. The number of aliphatic carboxylic acids is 1. The van der Waals surface area contributed by atoms with Gasteiger partial charge in [0.25, 0.3) is 0 Å². The molecule has 114 valence electrons. The summed E-state index contributed by atoms with van der Waals surface area (Å²) >= 11 is 0. The molecule has 0 amide bonds. The molecule has 1 aliphatic rings. The highest BCUT2D eigenvalue weighted by Crippen LogP contribution is 2.20. The van der Waals surface area contributed by atoms with Crippen LogP contribution >= 0.6 is 0 Å². The first kappa shape index (κ1) is 15.7. The Morgan fingerprint density at radius 3 is 2.90 bits per heavy atom. The molecule has 2 rings (SSSR count). The van der Waals surface area contributed by atoms with E-state index in [2.05, 4.69) is 0 Å². The summed E-state index contributed by atoms with van der Waals surface area (Å²) in [5.74, 6) is -1.08. The molecule has 0 aromatic heterocycles. The second-order valence-electron chi connectivity index (χ2n) is 4.79. The van der Waals surface area contributed by atoms with Crippen molar-refractivity contribution in [1.29, 1.82) is 0 Å². The van der Waals surface area contributed by atoms with Crippen LogP contribution in [-0.2, 0) is 19.6 Å². The summed E-state index contributed by atoms with van der Waals surface area (Å²) in [4.78, 5) is 10.7. The summed E-state index contributed by atoms with van der Waals surface area (Å²) in [7, 11) is -3.58. The lowest BCUT2D eigenvalue weighted by atomic mass is 10.2. The van der Waals surface area contributed by atoms with Crippen molar-refractivity contribution in [3.05, 3.63) is 35.9 Å². The normalized spacial score (nSPS) is 20.7. The predicted octanol–water partition coefficient (Wildman–Crippen LogP) is 1.19. The summed E-state index contributed by atoms with van der Waals surface area (Å²) in [5.41, 5.74) is 0.528. The Bertz CT molecular complexity index is 653. The van der Waals surface area contributed by atoms with E-state index in [1.54, 1.807) is 12.1 Å². The van der Waals surface area contributed by atoms with Crippen LogP contribution in [0.15, 0.2) is 35.2 Å². The zero-order chi connectivity index (χ0) is 15.5. The van der Waals surface area contributed by atoms with Gasteiger partial charge in [0, 0.05) is 19.2 Å². The lowest BCUT2D eigenvalue weighted by molar-refractivity contribution is -0.131. The summed E-state index contributed by atoms with van der Waals surface area (Å²) in [6.07, 6.45) is 2.20. The van der Waals surface area contributed by atoms with Crippen LogP contribution in [0.1, 0.15) is 12.5 Å². The third-order valence-electron chi connectivity index (χ3n) is 3.12. The minimum absolute atomic E-state index is 0.136. The number of nitrogens with zero attached hydrogens (tertiary/aromatic N) is 1. The van der Waals surface area contributed by atoms with E-state index in [0.717, 1.165) is 6.08 Å². The second-order valence-corrected chi connectivity index (χ2v) is 6.73. The molecule has 21 heavy (non-hydrogen) atoms. The van der Waals surface area contributed by atoms with Gasteiger partial charge in [0.1, 0.15) is 0 Å². The average molecular weight is 311 g/mol. The number of ether oxygens (including phenoxy) is 1. The van der Waals surface area contributed by atoms with E-state index in [1.807, 2.05) is 6.92 Å². The van der Waals surface area contributed by atoms with Gasteiger partial charge in [-0.15, -0.1) is 0 Å². The van der Waals surface area contributed by atoms with E-state index in [0.29, 0.717) is 25.3 Å². The first-order valence-corrected chi connectivity index (χ1v) is 7.96. The van der Waals surface area contributed by atoms with Gasteiger partial charge in [-0.05, 0) is 30.7 Å². The molecule has 1 atom stereocenters. The summed E-state index contributed by atoms with van der Waals surface area (Å²) in [6.45, 7) is 2.84. The molecule has 1 heterocycles. The molecule has 1 aromatic rings. The molecule has 7 heteroatoms. The Morgan fingerprint density at radius 2 is 2.24 bits per heavy atom. The lowest BCUT2D eigenvalue weighted by Crippen LogP contribution is -2.44. The molecule has 0 saturated carbocycles. The number of rotatable bonds is 4. The SMILES string of the molecule is CC1CN(S(=O)(=O)c2cccc(C=CC(=O)O)c2)CCO1. The van der Waals surface area contributed by atoms with Crippen molar-refractivity contribution in [1.82, 2.24) is 4.31 Å². The fraction of sp³-hybridized carbons (Fsp3) is 0.357. The molecule has 0 aliphatic carbocycles. The van der Waals surface area contributed by atoms with E-state index >= 15 is 0 Å². The van der Waals surface area contributed by atoms with Gasteiger partial charge in [0.2, 0.25) is 10.0 Å². The number of benzene rings is 1. The second kappa shape index (κ2) is 6.38. The number of hydrogen-bond acceptors (Lipinski definition) is 4. The molecule has 6 nitrogen and oxygen atoms in total. The van der Waals surface area contributed by atoms with Crippen LogP contribution in [0.5, 0.6) is 0 Å². The maximum atomic E-state index is 12.6. The van der Waals surface area contributed by atoms with Gasteiger partial charge in [-0.25, -0.2) is 13.2 Å². The molecule has 1 N–H and O–H groups in total. The van der Waals surface area contributed by atoms with E-state index in [9.17, 15) is 13.2 Å². The molecule has 0 radical (unpaired) electrons. The van der Waals surface area contributed by atoms with Crippen LogP contribution < -0.4 is 0 Å². The van der Waals surface area contributed by atoms with Crippen LogP contribution in [0.3, 0.4) is 0 Å². The van der Waals surface area contributed by atoms with Gasteiger partial charge in [-0.2, -0.15) is 4.31 Å². The highest BCUT2D eigenvalue weighted by atomic mass is 32.2. The Labute approximate surface area is 123 Å². The Hall–Kier alpha value is -1.70. The zero-order valence-corrected chi connectivity index (χ0v) is 12.4. The highest BCUT2D eigenvalue weighted by molar-refractivity contribution is 7.89. The van der Waals surface area contributed by atoms with Crippen molar-refractivity contribution in [3.63, 3.8) is 0 Å². The van der Waals surface area contributed by atoms with Crippen molar-refractivity contribution in [3.8, 4) is 0 Å². The largest absolute Gasteiger partial charge is 0.478 e. The van der Waals surface area contributed by atoms with Gasteiger partial charge in [-0.3, -0.25) is 0 Å². The summed E-state index contributed by atoms with van der Waals surface area (Å²) < 4.78 is 31.8. The molecular formula is C14H17NO5S. The maximum absolute atomic E-state index is 12.6. The van der Waals surface area contributed by atoms with E-state index in [4.69, 9.17) is 9.84 Å². The van der Waals surface area contributed by atoms with Crippen LogP contribution in [0.4, 0.5) is 0 Å². The van der Waals surface area contributed by atoms with Gasteiger partial charge in [-0.1, -0.05) is 12.1 Å². The van der Waals surface area contributed by atoms with Gasteiger partial charge in [0.05, 0.1) is 17.6 Å². The first-order chi connectivity index (χ1) is 9.89. The van der Waals surface area contributed by atoms with Crippen LogP contribution in [0.2, 0.25) is 0 Å². The topological polar surface area (TPSA) is 83.9 Å². The molecule has 1 aromatic carbocycles. The van der Waals surface area contributed by atoms with E-state index in [1.165, 1.54) is 22.5 Å². The third kappa shape index (κ3) is 3.90. The number of sulfonamides is 1. The Morgan fingerprint density at radius 1 is 1.48 bits per heavy atom. The van der Waals surface area contributed by atoms with Crippen LogP contribution in [0, 0.1) is 0 Å². The molecule has 0 spiro atoms. The monoisotopic (exact) mass is 311 g/mol. The number of carbonyl (C=O) groups is 1. The van der Waals surface area contributed by atoms with Crippen molar-refractivity contribution in [2.24, 2.45) is 0 Å². The Kier molecular flexibility index (Phi) is 4.76. The van der Waals surface area contributed by atoms with Gasteiger partial charge >= 0.3 is 5.97 Å². The molecule has 1 saturated heterocycles. The van der Waals surface area contributed by atoms with Crippen LogP contribution in [-0.4, -0.2) is 49.6 Å². The number of morpholine rings is 1. The minimum Gasteiger partial charge on any atom is -0.478 e. The standard InChI is InChI=1S/C14H17NO5S/c1-11-10-15(7-8-20-11)21(18,19)13-4-2-3-12(9-13)5-6-14(16)17/h2-6,9,11H,7-8,10H2,1H3,(H,16,17). The van der Waals surface area contributed by atoms with Crippen molar-refractivity contribution in [2.45, 2.75) is 17.9 Å². The molecule has 1 fully saturated rings. The quantitative estimate of drug-likeness (QED) is 0.845. The van der Waals surface area contributed by atoms with E-state index in [-0.39, 0.29) is 11.0 Å². The first-order valence-electron chi connectivity index (χ1n) is 6.52. The molecular weight excluding hydrogens is 294 g/mol. The number of carboxylic acids is 1. The van der Waals surface area contributed by atoms with Crippen molar-refractivity contribution in [2.75, 3.05) is 19.7 Å². The smallest absolute Gasteiger partial charge is 0.328 e. The third-order valence-corrected chi connectivity index (χ3v) is 4.98. The number of hydrogen-bond donors (Lipinski definition) is 1. The molecule has 0 bridgehead atoms. The lowest BCUT2D eigenvalue weighted by Gasteiger charge is -2.30. The van der Waals surface area contributed by atoms with Crippen molar-refractivity contribution >= 4 is 22.1 Å². The van der Waals surface area contributed by atoms with Crippen LogP contribution in [0.25, 0.3) is 6.08 Å². The Balaban J connectivity index is 2.27. The highest BCUT2D eigenvalue weighted by Gasteiger charge is 2.29. The summed E-state index contributed by atoms with van der Waals surface area (Å²) in [5, 5.41) is 8.61. The predicted molar refractivity (Wildman–Crippen MR) is 77.3 cm³/mol. The maximum Gasteiger partial charge on any atom is 0.328 e.